The SMILES string of the molecule is CCCc1cccc(C(O)c2ccc(CC(C)C)cc2)c1. The summed E-state index contributed by atoms with van der Waals surface area (Å²) in [5.41, 5.74) is 4.58. The Labute approximate surface area is 128 Å². The molecule has 0 saturated carbocycles. The Hall–Kier alpha value is -1.60. The summed E-state index contributed by atoms with van der Waals surface area (Å²) < 4.78 is 0. The Morgan fingerprint density at radius 2 is 1.62 bits per heavy atom. The zero-order valence-corrected chi connectivity index (χ0v) is 13.3. The Kier molecular flexibility index (Phi) is 5.58. The van der Waals surface area contributed by atoms with Crippen LogP contribution in [0.2, 0.25) is 0 Å². The number of aryl methyl sites for hydroxylation is 1. The van der Waals surface area contributed by atoms with Crippen molar-refractivity contribution in [2.24, 2.45) is 5.92 Å². The first-order valence-corrected chi connectivity index (χ1v) is 7.96. The zero-order valence-electron chi connectivity index (χ0n) is 13.3. The molecule has 0 aliphatic carbocycles. The Balaban J connectivity index is 2.15. The van der Waals surface area contributed by atoms with Crippen LogP contribution < -0.4 is 0 Å². The molecule has 1 heteroatoms. The Morgan fingerprint density at radius 1 is 0.905 bits per heavy atom. The van der Waals surface area contributed by atoms with Crippen LogP contribution in [-0.4, -0.2) is 5.11 Å². The average molecular weight is 282 g/mol. The second-order valence-electron chi connectivity index (χ2n) is 6.24. The van der Waals surface area contributed by atoms with Gasteiger partial charge in [-0.2, -0.15) is 0 Å². The fraction of sp³-hybridized carbons (Fsp3) is 0.400. The highest BCUT2D eigenvalue weighted by molar-refractivity contribution is 5.34. The number of hydrogen-bond acceptors (Lipinski definition) is 1. The van der Waals surface area contributed by atoms with Crippen molar-refractivity contribution >= 4 is 0 Å². The average Bonchev–Trinajstić information content (AvgIpc) is 2.47. The fourth-order valence-corrected chi connectivity index (χ4v) is 2.71. The molecule has 1 nitrogen and oxygen atoms in total. The van der Waals surface area contributed by atoms with Crippen LogP contribution in [0.15, 0.2) is 48.5 Å². The van der Waals surface area contributed by atoms with Crippen molar-refractivity contribution in [3.05, 3.63) is 70.8 Å². The normalized spacial score (nSPS) is 12.6. The highest BCUT2D eigenvalue weighted by atomic mass is 16.3. The van der Waals surface area contributed by atoms with E-state index in [1.165, 1.54) is 11.1 Å². The molecule has 21 heavy (non-hydrogen) atoms. The van der Waals surface area contributed by atoms with Gasteiger partial charge in [-0.25, -0.2) is 0 Å². The van der Waals surface area contributed by atoms with Crippen molar-refractivity contribution < 1.29 is 5.11 Å². The lowest BCUT2D eigenvalue weighted by Crippen LogP contribution is -2.01. The second-order valence-corrected chi connectivity index (χ2v) is 6.24. The summed E-state index contributed by atoms with van der Waals surface area (Å²) in [4.78, 5) is 0. The van der Waals surface area contributed by atoms with Crippen molar-refractivity contribution in [2.75, 3.05) is 0 Å². The standard InChI is InChI=1S/C20H26O/c1-4-6-16-7-5-8-19(14-16)20(21)18-11-9-17(10-12-18)13-15(2)3/h5,7-12,14-15,20-21H,4,6,13H2,1-3H3. The van der Waals surface area contributed by atoms with E-state index in [9.17, 15) is 5.11 Å². The molecule has 0 radical (unpaired) electrons. The largest absolute Gasteiger partial charge is 0.384 e. The second kappa shape index (κ2) is 7.42. The maximum Gasteiger partial charge on any atom is 0.104 e. The van der Waals surface area contributed by atoms with Crippen molar-refractivity contribution in [3.8, 4) is 0 Å². The maximum absolute atomic E-state index is 10.6. The first-order valence-electron chi connectivity index (χ1n) is 7.96. The van der Waals surface area contributed by atoms with Crippen LogP contribution in [0.3, 0.4) is 0 Å². The van der Waals surface area contributed by atoms with Crippen LogP contribution in [0.4, 0.5) is 0 Å². The lowest BCUT2D eigenvalue weighted by atomic mass is 9.96. The number of benzene rings is 2. The van der Waals surface area contributed by atoms with E-state index in [-0.39, 0.29) is 0 Å². The van der Waals surface area contributed by atoms with E-state index in [0.29, 0.717) is 5.92 Å². The van der Waals surface area contributed by atoms with Crippen LogP contribution in [-0.2, 0) is 12.8 Å². The van der Waals surface area contributed by atoms with Crippen molar-refractivity contribution in [2.45, 2.75) is 46.1 Å². The van der Waals surface area contributed by atoms with Gasteiger partial charge in [0.05, 0.1) is 0 Å². The zero-order chi connectivity index (χ0) is 15.2. The molecule has 2 aromatic rings. The first-order chi connectivity index (χ1) is 10.1. The van der Waals surface area contributed by atoms with Crippen LogP contribution in [0.5, 0.6) is 0 Å². The molecule has 0 aliphatic rings. The van der Waals surface area contributed by atoms with Gasteiger partial charge >= 0.3 is 0 Å². The van der Waals surface area contributed by atoms with Gasteiger partial charge < -0.3 is 5.11 Å². The topological polar surface area (TPSA) is 20.2 Å². The molecule has 1 unspecified atom stereocenters. The van der Waals surface area contributed by atoms with Gasteiger partial charge in [-0.15, -0.1) is 0 Å². The Bertz CT molecular complexity index is 554. The molecule has 0 amide bonds. The molecule has 0 aromatic heterocycles. The number of aliphatic hydroxyl groups excluding tert-OH is 1. The summed E-state index contributed by atoms with van der Waals surface area (Å²) in [5, 5.41) is 10.6. The summed E-state index contributed by atoms with van der Waals surface area (Å²) in [5.74, 6) is 0.659. The molecule has 2 rings (SSSR count). The van der Waals surface area contributed by atoms with Crippen molar-refractivity contribution in [3.63, 3.8) is 0 Å². The number of rotatable bonds is 6. The van der Waals surface area contributed by atoms with E-state index in [1.54, 1.807) is 0 Å². The molecule has 0 heterocycles. The van der Waals surface area contributed by atoms with E-state index in [2.05, 4.69) is 57.2 Å². The van der Waals surface area contributed by atoms with Gasteiger partial charge in [0.1, 0.15) is 6.10 Å². The quantitative estimate of drug-likeness (QED) is 0.797. The lowest BCUT2D eigenvalue weighted by molar-refractivity contribution is 0.220. The molecule has 0 bridgehead atoms. The van der Waals surface area contributed by atoms with Gasteiger partial charge in [-0.05, 0) is 41.0 Å². The van der Waals surface area contributed by atoms with Gasteiger partial charge in [-0.1, -0.05) is 75.7 Å². The van der Waals surface area contributed by atoms with Gasteiger partial charge in [-0.3, -0.25) is 0 Å². The van der Waals surface area contributed by atoms with E-state index >= 15 is 0 Å². The third-order valence-corrected chi connectivity index (χ3v) is 3.74. The number of hydrogen-bond donors (Lipinski definition) is 1. The van der Waals surface area contributed by atoms with Gasteiger partial charge in [0.15, 0.2) is 0 Å². The highest BCUT2D eigenvalue weighted by Gasteiger charge is 2.11. The van der Waals surface area contributed by atoms with Crippen LogP contribution >= 0.6 is 0 Å². The van der Waals surface area contributed by atoms with Crippen LogP contribution in [0.1, 0.15) is 55.5 Å². The van der Waals surface area contributed by atoms with E-state index in [4.69, 9.17) is 0 Å². The van der Waals surface area contributed by atoms with Crippen molar-refractivity contribution in [1.82, 2.24) is 0 Å². The molecule has 2 aromatic carbocycles. The fourth-order valence-electron chi connectivity index (χ4n) is 2.71. The summed E-state index contributed by atoms with van der Waals surface area (Å²) >= 11 is 0. The van der Waals surface area contributed by atoms with Crippen LogP contribution in [0, 0.1) is 5.92 Å². The minimum absolute atomic E-state index is 0.532. The van der Waals surface area contributed by atoms with Gasteiger partial charge in [0.2, 0.25) is 0 Å². The third kappa shape index (κ3) is 4.44. The first kappa shape index (κ1) is 15.8. The Morgan fingerprint density at radius 3 is 2.24 bits per heavy atom. The molecular weight excluding hydrogens is 256 g/mol. The molecule has 1 N–H and O–H groups in total. The maximum atomic E-state index is 10.6. The molecule has 0 aliphatic heterocycles. The van der Waals surface area contributed by atoms with E-state index in [1.807, 2.05) is 12.1 Å². The molecule has 112 valence electrons. The van der Waals surface area contributed by atoms with E-state index in [0.717, 1.165) is 30.4 Å². The summed E-state index contributed by atoms with van der Waals surface area (Å²) in [6.07, 6.45) is 2.74. The molecule has 0 spiro atoms. The minimum Gasteiger partial charge on any atom is -0.384 e. The van der Waals surface area contributed by atoms with E-state index < -0.39 is 6.10 Å². The summed E-state index contributed by atoms with van der Waals surface area (Å²) in [6, 6.07) is 16.7. The predicted octanol–water partition coefficient (Wildman–Crippen LogP) is 4.92. The summed E-state index contributed by atoms with van der Waals surface area (Å²) in [6.45, 7) is 6.63. The molecule has 1 atom stereocenters. The third-order valence-electron chi connectivity index (χ3n) is 3.74. The molecule has 0 fully saturated rings. The van der Waals surface area contributed by atoms with Crippen molar-refractivity contribution in [1.29, 1.82) is 0 Å². The molecule has 0 saturated heterocycles. The summed E-state index contributed by atoms with van der Waals surface area (Å²) in [7, 11) is 0. The number of aliphatic hydroxyl groups is 1. The monoisotopic (exact) mass is 282 g/mol. The highest BCUT2D eigenvalue weighted by Crippen LogP contribution is 2.24. The predicted molar refractivity (Wildman–Crippen MR) is 89.5 cm³/mol. The lowest BCUT2D eigenvalue weighted by Gasteiger charge is -2.14. The molecular formula is C20H26O. The van der Waals surface area contributed by atoms with Gasteiger partial charge in [0.25, 0.3) is 0 Å². The minimum atomic E-state index is -0.532. The smallest absolute Gasteiger partial charge is 0.104 e. The van der Waals surface area contributed by atoms with Gasteiger partial charge in [0, 0.05) is 0 Å². The van der Waals surface area contributed by atoms with Crippen LogP contribution in [0.25, 0.3) is 0 Å².